The summed E-state index contributed by atoms with van der Waals surface area (Å²) >= 11 is 0. The van der Waals surface area contributed by atoms with Crippen molar-refractivity contribution < 1.29 is 18.3 Å². The second-order valence-electron chi connectivity index (χ2n) is 6.68. The number of H-pyrrole nitrogens is 1. The van der Waals surface area contributed by atoms with Crippen LogP contribution in [0.1, 0.15) is 5.56 Å². The van der Waals surface area contributed by atoms with Gasteiger partial charge in [0.1, 0.15) is 5.82 Å². The minimum absolute atomic E-state index is 0.0506. The Kier molecular flexibility index (Phi) is 5.56. The number of aromatic nitrogens is 4. The number of aromatic hydroxyl groups is 1. The van der Waals surface area contributed by atoms with Crippen molar-refractivity contribution in [2.75, 3.05) is 4.72 Å². The van der Waals surface area contributed by atoms with Gasteiger partial charge in [-0.25, -0.2) is 9.97 Å². The fraction of sp³-hybridized carbons (Fsp3) is 0.0476. The highest BCUT2D eigenvalue weighted by molar-refractivity contribution is 7.92. The van der Waals surface area contributed by atoms with Crippen molar-refractivity contribution in [2.24, 2.45) is 0 Å². The van der Waals surface area contributed by atoms with E-state index in [1.165, 1.54) is 36.8 Å². The fourth-order valence-electron chi connectivity index (χ4n) is 2.72. The summed E-state index contributed by atoms with van der Waals surface area (Å²) in [5.74, 6) is -1.01. The van der Waals surface area contributed by atoms with E-state index in [1.54, 1.807) is 37.3 Å². The molecule has 32 heavy (non-hydrogen) atoms. The van der Waals surface area contributed by atoms with Gasteiger partial charge in [0.2, 0.25) is 5.75 Å². The first-order valence-corrected chi connectivity index (χ1v) is 10.8. The number of ether oxygens (including phenoxy) is 1. The maximum atomic E-state index is 12.9. The molecule has 0 aliphatic carbocycles. The van der Waals surface area contributed by atoms with E-state index in [2.05, 4.69) is 24.7 Å². The first-order valence-electron chi connectivity index (χ1n) is 9.29. The topological polar surface area (TPSA) is 147 Å². The fourth-order valence-corrected chi connectivity index (χ4v) is 3.66. The van der Waals surface area contributed by atoms with Gasteiger partial charge in [-0.1, -0.05) is 18.2 Å². The highest BCUT2D eigenvalue weighted by Gasteiger charge is 2.23. The van der Waals surface area contributed by atoms with Crippen LogP contribution < -0.4 is 15.0 Å². The number of nitrogens with zero attached hydrogens (tertiary/aromatic N) is 3. The normalized spacial score (nSPS) is 11.2. The molecule has 3 aromatic heterocycles. The number of sulfonamides is 1. The number of rotatable bonds is 6. The van der Waals surface area contributed by atoms with Gasteiger partial charge in [-0.15, -0.1) is 0 Å². The van der Waals surface area contributed by atoms with E-state index in [-0.39, 0.29) is 28.2 Å². The Bertz CT molecular complexity index is 1420. The standard InChI is InChI=1S/C21H17N5O5S/c1-13-6-7-17(23-12-13)32(29,30)26-20-18(31-16-5-3-2-4-15(16)27)21(28)25-19(24-20)14-8-10-22-11-9-14/h2-12,27H,1H3,(H2,24,25,26,28). The maximum absolute atomic E-state index is 12.9. The molecule has 0 fully saturated rings. The van der Waals surface area contributed by atoms with E-state index < -0.39 is 21.3 Å². The van der Waals surface area contributed by atoms with Gasteiger partial charge in [-0.2, -0.15) is 8.42 Å². The quantitative estimate of drug-likeness (QED) is 0.405. The summed E-state index contributed by atoms with van der Waals surface area (Å²) in [5, 5.41) is 9.75. The van der Waals surface area contributed by atoms with E-state index in [9.17, 15) is 18.3 Å². The molecule has 3 heterocycles. The largest absolute Gasteiger partial charge is 0.504 e. The second kappa shape index (κ2) is 8.47. The summed E-state index contributed by atoms with van der Waals surface area (Å²) in [6.45, 7) is 1.77. The molecule has 0 aliphatic heterocycles. The Balaban J connectivity index is 1.83. The smallest absolute Gasteiger partial charge is 0.296 e. The molecule has 0 amide bonds. The third-order valence-electron chi connectivity index (χ3n) is 4.30. The molecule has 4 rings (SSSR count). The summed E-state index contributed by atoms with van der Waals surface area (Å²) in [6.07, 6.45) is 4.41. The number of benzene rings is 1. The minimum Gasteiger partial charge on any atom is -0.504 e. The van der Waals surface area contributed by atoms with Gasteiger partial charge in [0.05, 0.1) is 0 Å². The lowest BCUT2D eigenvalue weighted by Crippen LogP contribution is -2.20. The van der Waals surface area contributed by atoms with Crippen LogP contribution in [-0.4, -0.2) is 33.5 Å². The van der Waals surface area contributed by atoms with Crippen LogP contribution in [0.4, 0.5) is 5.82 Å². The molecular weight excluding hydrogens is 434 g/mol. The third-order valence-corrected chi connectivity index (χ3v) is 5.55. The average molecular weight is 451 g/mol. The summed E-state index contributed by atoms with van der Waals surface area (Å²) < 4.78 is 33.6. The number of phenolic OH excluding ortho intramolecular Hbond substituents is 1. The zero-order chi connectivity index (χ0) is 22.7. The van der Waals surface area contributed by atoms with E-state index in [4.69, 9.17) is 4.74 Å². The zero-order valence-electron chi connectivity index (χ0n) is 16.7. The molecule has 0 bridgehead atoms. The van der Waals surface area contributed by atoms with Crippen molar-refractivity contribution in [3.05, 3.63) is 83.0 Å². The Morgan fingerprint density at radius 2 is 1.81 bits per heavy atom. The number of hydrogen-bond donors (Lipinski definition) is 3. The van der Waals surface area contributed by atoms with Gasteiger partial charge in [0.25, 0.3) is 15.6 Å². The lowest BCUT2D eigenvalue weighted by atomic mass is 10.2. The molecular formula is C21H17N5O5S. The van der Waals surface area contributed by atoms with Crippen LogP contribution in [0.5, 0.6) is 17.2 Å². The molecule has 0 aliphatic rings. The number of hydrogen-bond acceptors (Lipinski definition) is 8. The Labute approximate surface area is 182 Å². The van der Waals surface area contributed by atoms with Gasteiger partial charge in [-0.05, 0) is 42.8 Å². The van der Waals surface area contributed by atoms with E-state index in [0.717, 1.165) is 5.56 Å². The van der Waals surface area contributed by atoms with Gasteiger partial charge >= 0.3 is 0 Å². The first-order chi connectivity index (χ1) is 15.3. The van der Waals surface area contributed by atoms with E-state index in [1.807, 2.05) is 0 Å². The molecule has 0 saturated heterocycles. The number of aryl methyl sites for hydroxylation is 1. The highest BCUT2D eigenvalue weighted by Crippen LogP contribution is 2.32. The average Bonchev–Trinajstić information content (AvgIpc) is 2.78. The molecule has 10 nitrogen and oxygen atoms in total. The summed E-state index contributed by atoms with van der Waals surface area (Å²) in [5.41, 5.74) is 0.520. The third kappa shape index (κ3) is 4.42. The number of nitrogens with one attached hydrogen (secondary N) is 2. The van der Waals surface area contributed by atoms with Gasteiger partial charge in [0.15, 0.2) is 22.3 Å². The highest BCUT2D eigenvalue weighted by atomic mass is 32.2. The van der Waals surface area contributed by atoms with Crippen LogP contribution in [-0.2, 0) is 10.0 Å². The molecule has 11 heteroatoms. The SMILES string of the molecule is Cc1ccc(S(=O)(=O)Nc2nc(-c3ccncc3)[nH]c(=O)c2Oc2ccccc2O)nc1. The molecule has 0 unspecified atom stereocenters. The Hall–Kier alpha value is -4.25. The Morgan fingerprint density at radius 3 is 2.50 bits per heavy atom. The first kappa shape index (κ1) is 21.0. The van der Waals surface area contributed by atoms with Gasteiger partial charge in [0, 0.05) is 24.2 Å². The molecule has 0 radical (unpaired) electrons. The van der Waals surface area contributed by atoms with Crippen molar-refractivity contribution in [3.8, 4) is 28.6 Å². The monoisotopic (exact) mass is 451 g/mol. The lowest BCUT2D eigenvalue weighted by molar-refractivity contribution is 0.408. The van der Waals surface area contributed by atoms with Crippen LogP contribution >= 0.6 is 0 Å². The molecule has 0 spiro atoms. The van der Waals surface area contributed by atoms with Crippen molar-refractivity contribution >= 4 is 15.8 Å². The molecule has 0 saturated carbocycles. The molecule has 0 atom stereocenters. The lowest BCUT2D eigenvalue weighted by Gasteiger charge is -2.14. The van der Waals surface area contributed by atoms with Crippen LogP contribution in [0, 0.1) is 6.92 Å². The second-order valence-corrected chi connectivity index (χ2v) is 8.31. The Morgan fingerprint density at radius 1 is 1.06 bits per heavy atom. The molecule has 3 N–H and O–H groups in total. The van der Waals surface area contributed by atoms with E-state index in [0.29, 0.717) is 5.56 Å². The minimum atomic E-state index is -4.20. The number of para-hydroxylation sites is 2. The van der Waals surface area contributed by atoms with Crippen LogP contribution in [0.25, 0.3) is 11.4 Å². The number of pyridine rings is 2. The van der Waals surface area contributed by atoms with Crippen molar-refractivity contribution in [3.63, 3.8) is 0 Å². The molecule has 162 valence electrons. The number of aromatic amines is 1. The molecule has 1 aromatic carbocycles. The van der Waals surface area contributed by atoms with Crippen molar-refractivity contribution in [2.45, 2.75) is 11.9 Å². The number of anilines is 1. The van der Waals surface area contributed by atoms with Crippen LogP contribution in [0.15, 0.2) is 76.9 Å². The number of phenols is 1. The summed E-state index contributed by atoms with van der Waals surface area (Å²) in [6, 6.07) is 12.1. The molecule has 4 aromatic rings. The summed E-state index contributed by atoms with van der Waals surface area (Å²) in [7, 11) is -4.20. The van der Waals surface area contributed by atoms with Gasteiger partial charge in [-0.3, -0.25) is 14.5 Å². The van der Waals surface area contributed by atoms with Crippen molar-refractivity contribution in [1.29, 1.82) is 0 Å². The summed E-state index contributed by atoms with van der Waals surface area (Å²) in [4.78, 5) is 27.5. The van der Waals surface area contributed by atoms with Crippen molar-refractivity contribution in [1.82, 2.24) is 19.9 Å². The van der Waals surface area contributed by atoms with Crippen LogP contribution in [0.2, 0.25) is 0 Å². The predicted molar refractivity (Wildman–Crippen MR) is 116 cm³/mol. The maximum Gasteiger partial charge on any atom is 0.296 e. The van der Waals surface area contributed by atoms with E-state index >= 15 is 0 Å². The van der Waals surface area contributed by atoms with Crippen LogP contribution in [0.3, 0.4) is 0 Å². The zero-order valence-corrected chi connectivity index (χ0v) is 17.5. The predicted octanol–water partition coefficient (Wildman–Crippen LogP) is 2.83. The van der Waals surface area contributed by atoms with Gasteiger partial charge < -0.3 is 14.8 Å².